The molecule has 170 valence electrons. The van der Waals surface area contributed by atoms with E-state index in [4.69, 9.17) is 0 Å². The minimum absolute atomic E-state index is 0.531. The summed E-state index contributed by atoms with van der Waals surface area (Å²) in [4.78, 5) is 22.6. The molecule has 0 radical (unpaired) electrons. The van der Waals surface area contributed by atoms with Gasteiger partial charge in [0.1, 0.15) is 0 Å². The fraction of sp³-hybridized carbons (Fsp3) is 0.179. The molecule has 3 heterocycles. The fourth-order valence-electron chi connectivity index (χ4n) is 3.61. The van der Waals surface area contributed by atoms with Crippen molar-refractivity contribution in [3.63, 3.8) is 0 Å². The van der Waals surface area contributed by atoms with E-state index in [1.807, 2.05) is 61.8 Å². The lowest BCUT2D eigenvalue weighted by Crippen LogP contribution is -2.05. The van der Waals surface area contributed by atoms with E-state index in [0.717, 1.165) is 39.7 Å². The zero-order valence-electron chi connectivity index (χ0n) is 19.7. The van der Waals surface area contributed by atoms with Crippen molar-refractivity contribution in [2.45, 2.75) is 33.7 Å². The van der Waals surface area contributed by atoms with Crippen LogP contribution in [0.1, 0.15) is 38.6 Å². The van der Waals surface area contributed by atoms with E-state index in [-0.39, 0.29) is 0 Å². The number of benzene rings is 1. The molecule has 0 atom stereocenters. The molecule has 0 bridgehead atoms. The van der Waals surface area contributed by atoms with E-state index in [9.17, 15) is 0 Å². The van der Waals surface area contributed by atoms with Crippen LogP contribution in [0.2, 0.25) is 0 Å². The Morgan fingerprint density at radius 3 is 2.65 bits per heavy atom. The molecule has 0 spiro atoms. The van der Waals surface area contributed by atoms with Crippen molar-refractivity contribution in [3.05, 3.63) is 102 Å². The Morgan fingerprint density at radius 2 is 1.85 bits per heavy atom. The Bertz CT molecular complexity index is 1350. The van der Waals surface area contributed by atoms with Crippen LogP contribution in [-0.2, 0) is 6.54 Å². The predicted molar refractivity (Wildman–Crippen MR) is 139 cm³/mol. The molecule has 6 heteroatoms. The summed E-state index contributed by atoms with van der Waals surface area (Å²) in [6.45, 7) is 6.74. The van der Waals surface area contributed by atoms with Gasteiger partial charge in [0.2, 0.25) is 5.95 Å². The number of hydrogen-bond donors (Lipinski definition) is 1. The average Bonchev–Trinajstić information content (AvgIpc) is 2.87. The third-order valence-corrected chi connectivity index (χ3v) is 5.22. The van der Waals surface area contributed by atoms with Gasteiger partial charge in [-0.05, 0) is 50.6 Å². The van der Waals surface area contributed by atoms with Gasteiger partial charge in [-0.2, -0.15) is 0 Å². The van der Waals surface area contributed by atoms with E-state index >= 15 is 0 Å². The molecule has 0 fully saturated rings. The molecular formula is C28H28N6. The topological polar surface area (TPSA) is 76.5 Å². The first-order valence-electron chi connectivity index (χ1n) is 11.4. The van der Waals surface area contributed by atoms with Gasteiger partial charge in [0.15, 0.2) is 5.82 Å². The molecule has 0 aliphatic heterocycles. The van der Waals surface area contributed by atoms with Gasteiger partial charge in [-0.1, -0.05) is 42.9 Å². The molecular weight excluding hydrogens is 420 g/mol. The smallest absolute Gasteiger partial charge is 0.223 e. The molecule has 6 nitrogen and oxygen atoms in total. The summed E-state index contributed by atoms with van der Waals surface area (Å²) in [6, 6.07) is 12.0. The van der Waals surface area contributed by atoms with Gasteiger partial charge >= 0.3 is 0 Å². The maximum absolute atomic E-state index is 4.68. The second kappa shape index (κ2) is 11.1. The minimum Gasteiger partial charge on any atom is -0.350 e. The summed E-state index contributed by atoms with van der Waals surface area (Å²) in [5.74, 6) is 1.26. The van der Waals surface area contributed by atoms with Crippen molar-refractivity contribution < 1.29 is 0 Å². The van der Waals surface area contributed by atoms with Crippen LogP contribution in [0.15, 0.2) is 91.1 Å². The zero-order valence-corrected chi connectivity index (χ0v) is 19.7. The number of nitrogens with one attached hydrogen (secondary N) is 1. The molecule has 34 heavy (non-hydrogen) atoms. The number of pyridine rings is 1. The molecule has 0 aliphatic rings. The van der Waals surface area contributed by atoms with Gasteiger partial charge < -0.3 is 5.32 Å². The lowest BCUT2D eigenvalue weighted by atomic mass is 10.1. The monoisotopic (exact) mass is 448 g/mol. The van der Waals surface area contributed by atoms with Crippen LogP contribution in [0.5, 0.6) is 0 Å². The highest BCUT2D eigenvalue weighted by Gasteiger charge is 2.06. The van der Waals surface area contributed by atoms with Crippen molar-refractivity contribution in [1.82, 2.24) is 24.9 Å². The van der Waals surface area contributed by atoms with E-state index in [1.54, 1.807) is 12.4 Å². The minimum atomic E-state index is 0.531. The first-order chi connectivity index (χ1) is 16.7. The Labute approximate surface area is 200 Å². The number of fused-ring (bicyclic) bond motifs is 1. The first-order valence-corrected chi connectivity index (χ1v) is 11.4. The maximum Gasteiger partial charge on any atom is 0.223 e. The number of rotatable bonds is 8. The summed E-state index contributed by atoms with van der Waals surface area (Å²) < 4.78 is 0. The third kappa shape index (κ3) is 5.78. The Kier molecular flexibility index (Phi) is 7.50. The molecule has 0 saturated carbocycles. The quantitative estimate of drug-likeness (QED) is 0.314. The fourth-order valence-corrected chi connectivity index (χ4v) is 3.61. The van der Waals surface area contributed by atoms with Crippen molar-refractivity contribution in [2.24, 2.45) is 0 Å². The molecule has 3 aromatic heterocycles. The molecule has 1 N–H and O–H groups in total. The highest BCUT2D eigenvalue weighted by molar-refractivity contribution is 5.83. The molecule has 0 amide bonds. The molecule has 4 rings (SSSR count). The summed E-state index contributed by atoms with van der Waals surface area (Å²) >= 11 is 0. The number of anilines is 1. The van der Waals surface area contributed by atoms with Crippen LogP contribution in [0, 0.1) is 0 Å². The summed E-state index contributed by atoms with van der Waals surface area (Å²) in [5.41, 5.74) is 5.98. The van der Waals surface area contributed by atoms with Gasteiger partial charge in [0, 0.05) is 53.4 Å². The second-order valence-corrected chi connectivity index (χ2v) is 7.90. The van der Waals surface area contributed by atoms with Crippen LogP contribution in [0.25, 0.3) is 27.7 Å². The van der Waals surface area contributed by atoms with E-state index in [1.165, 1.54) is 5.57 Å². The summed E-state index contributed by atoms with van der Waals surface area (Å²) in [6.07, 6.45) is 16.6. The Balaban J connectivity index is 1.47. The largest absolute Gasteiger partial charge is 0.350 e. The normalized spacial score (nSPS) is 12.4. The molecule has 0 saturated heterocycles. The van der Waals surface area contributed by atoms with Gasteiger partial charge in [0.25, 0.3) is 0 Å². The van der Waals surface area contributed by atoms with E-state index < -0.39 is 0 Å². The van der Waals surface area contributed by atoms with Crippen molar-refractivity contribution in [2.75, 3.05) is 5.32 Å². The van der Waals surface area contributed by atoms with Crippen molar-refractivity contribution in [1.29, 1.82) is 0 Å². The summed E-state index contributed by atoms with van der Waals surface area (Å²) in [7, 11) is 0. The summed E-state index contributed by atoms with van der Waals surface area (Å²) in [5, 5.41) is 4.36. The molecule has 1 aromatic carbocycles. The van der Waals surface area contributed by atoms with Crippen LogP contribution in [-0.4, -0.2) is 24.9 Å². The lowest BCUT2D eigenvalue weighted by Gasteiger charge is -2.08. The zero-order chi connectivity index (χ0) is 23.8. The predicted octanol–water partition coefficient (Wildman–Crippen LogP) is 6.41. The standard InChI is InChI=1S/C28H28N6/c1-4-7-20(3)15-24(8-5-2)27-31-17-21(18-32-27)19-33-28-30-14-12-26(34-28)23-10-11-25-22(16-23)9-6-13-29-25/h5-18H,4,19H2,1-3H3,(H,30,33,34)/b8-5-,20-7+,24-15+. The third-order valence-electron chi connectivity index (χ3n) is 5.22. The SMILES string of the molecule is C\C=C/C(=C\C(C)=C\CC)c1ncc(CNc2nccc(-c3ccc4ncccc4c3)n2)cn1. The number of aromatic nitrogens is 5. The van der Waals surface area contributed by atoms with Crippen molar-refractivity contribution in [3.8, 4) is 11.3 Å². The first kappa shape index (κ1) is 23.0. The molecule has 0 unspecified atom stereocenters. The van der Waals surface area contributed by atoms with Gasteiger partial charge in [-0.3, -0.25) is 4.98 Å². The van der Waals surface area contributed by atoms with Crippen molar-refractivity contribution >= 4 is 22.4 Å². The number of allylic oxidation sites excluding steroid dienone is 6. The van der Waals surface area contributed by atoms with Crippen LogP contribution in [0.4, 0.5) is 5.95 Å². The highest BCUT2D eigenvalue weighted by Crippen LogP contribution is 2.22. The second-order valence-electron chi connectivity index (χ2n) is 7.90. The van der Waals surface area contributed by atoms with E-state index in [2.05, 4.69) is 62.3 Å². The maximum atomic E-state index is 4.68. The molecule has 0 aliphatic carbocycles. The van der Waals surface area contributed by atoms with Gasteiger partial charge in [-0.25, -0.2) is 19.9 Å². The van der Waals surface area contributed by atoms with Gasteiger partial charge in [-0.15, -0.1) is 0 Å². The Morgan fingerprint density at radius 1 is 1.00 bits per heavy atom. The average molecular weight is 449 g/mol. The molecule has 4 aromatic rings. The van der Waals surface area contributed by atoms with Crippen LogP contribution < -0.4 is 5.32 Å². The van der Waals surface area contributed by atoms with Crippen LogP contribution >= 0.6 is 0 Å². The Hall–Kier alpha value is -4.19. The number of nitrogens with zero attached hydrogens (tertiary/aromatic N) is 5. The van der Waals surface area contributed by atoms with Crippen LogP contribution in [0.3, 0.4) is 0 Å². The van der Waals surface area contributed by atoms with Gasteiger partial charge in [0.05, 0.1) is 11.2 Å². The number of hydrogen-bond acceptors (Lipinski definition) is 6. The van der Waals surface area contributed by atoms with E-state index in [0.29, 0.717) is 18.3 Å². The lowest BCUT2D eigenvalue weighted by molar-refractivity contribution is 1.00. The highest BCUT2D eigenvalue weighted by atomic mass is 15.1.